The summed E-state index contributed by atoms with van der Waals surface area (Å²) in [5.41, 5.74) is 11.6. The van der Waals surface area contributed by atoms with Gasteiger partial charge in [-0.25, -0.2) is 15.0 Å². The molecule has 0 amide bonds. The zero-order valence-corrected chi connectivity index (χ0v) is 32.5. The standard InChI is InChI=1S/C53H40N4/c1-52(2)44-29-26-34-15-10-11-19-40(34)48(44)43-31-42-41-20-12-13-21-46(41)57(47(42)32-45(43)53(52,3)4)39-27-24-36(25-28-39)50-54-49(35-16-6-5-7-17-35)55-51(56-50)38-23-22-33-14-8-9-18-37(33)30-38/h5-32H,1-4H3. The summed E-state index contributed by atoms with van der Waals surface area (Å²) >= 11 is 0. The van der Waals surface area contributed by atoms with Crippen molar-refractivity contribution < 1.29 is 0 Å². The molecule has 2 aromatic heterocycles. The van der Waals surface area contributed by atoms with Crippen LogP contribution in [0.15, 0.2) is 170 Å². The maximum Gasteiger partial charge on any atom is 0.164 e. The van der Waals surface area contributed by atoms with E-state index in [1.54, 1.807) is 0 Å². The smallest absolute Gasteiger partial charge is 0.164 e. The van der Waals surface area contributed by atoms with Gasteiger partial charge in [0.05, 0.1) is 11.0 Å². The Hall–Kier alpha value is -6.91. The summed E-state index contributed by atoms with van der Waals surface area (Å²) in [5, 5.41) is 7.43. The molecular weight excluding hydrogens is 693 g/mol. The lowest BCUT2D eigenvalue weighted by molar-refractivity contribution is 0.299. The lowest BCUT2D eigenvalue weighted by Crippen LogP contribution is -2.43. The largest absolute Gasteiger partial charge is 0.309 e. The molecule has 0 N–H and O–H groups in total. The number of benzene rings is 8. The van der Waals surface area contributed by atoms with Crippen molar-refractivity contribution in [1.82, 2.24) is 19.5 Å². The molecule has 57 heavy (non-hydrogen) atoms. The zero-order chi connectivity index (χ0) is 38.5. The molecule has 0 spiro atoms. The number of rotatable bonds is 4. The fraction of sp³-hybridized carbons (Fsp3) is 0.113. The minimum atomic E-state index is -0.130. The van der Waals surface area contributed by atoms with E-state index in [0.717, 1.165) is 27.8 Å². The van der Waals surface area contributed by atoms with Crippen LogP contribution in [0.2, 0.25) is 0 Å². The molecule has 272 valence electrons. The average molecular weight is 733 g/mol. The Bertz CT molecular complexity index is 3230. The van der Waals surface area contributed by atoms with Crippen LogP contribution in [0.25, 0.3) is 94.3 Å². The molecular formula is C53H40N4. The van der Waals surface area contributed by atoms with Crippen molar-refractivity contribution in [2.75, 3.05) is 0 Å². The van der Waals surface area contributed by atoms with E-state index in [2.05, 4.69) is 184 Å². The Labute approximate surface area is 332 Å². The predicted molar refractivity (Wildman–Crippen MR) is 237 cm³/mol. The third kappa shape index (κ3) is 5.03. The first-order valence-electron chi connectivity index (χ1n) is 19.8. The summed E-state index contributed by atoms with van der Waals surface area (Å²) in [4.78, 5) is 15.1. The van der Waals surface area contributed by atoms with Crippen molar-refractivity contribution in [3.05, 3.63) is 181 Å². The van der Waals surface area contributed by atoms with Gasteiger partial charge in [-0.15, -0.1) is 0 Å². The van der Waals surface area contributed by atoms with Gasteiger partial charge in [0.25, 0.3) is 0 Å². The van der Waals surface area contributed by atoms with Crippen molar-refractivity contribution in [3.8, 4) is 51.0 Å². The quantitative estimate of drug-likeness (QED) is 0.181. The molecule has 11 rings (SSSR count). The molecule has 2 heterocycles. The molecule has 0 atom stereocenters. The van der Waals surface area contributed by atoms with Gasteiger partial charge in [-0.05, 0) is 103 Å². The van der Waals surface area contributed by atoms with Crippen LogP contribution in [-0.4, -0.2) is 19.5 Å². The third-order valence-electron chi connectivity index (χ3n) is 13.0. The number of hydrogen-bond donors (Lipinski definition) is 0. The van der Waals surface area contributed by atoms with Gasteiger partial charge in [-0.1, -0.05) is 149 Å². The van der Waals surface area contributed by atoms with E-state index in [9.17, 15) is 0 Å². The lowest BCUT2D eigenvalue weighted by atomic mass is 9.55. The first kappa shape index (κ1) is 33.4. The van der Waals surface area contributed by atoms with Crippen molar-refractivity contribution in [3.63, 3.8) is 0 Å². The minimum absolute atomic E-state index is 0.0968. The van der Waals surface area contributed by atoms with Gasteiger partial charge >= 0.3 is 0 Å². The van der Waals surface area contributed by atoms with Gasteiger partial charge in [0, 0.05) is 33.2 Å². The number of nitrogens with zero attached hydrogens (tertiary/aromatic N) is 4. The SMILES string of the molecule is CC1(C)c2cc3c(cc2-c2c(ccc4ccccc24)C1(C)C)c1ccccc1n3-c1ccc(-c2nc(-c3ccccc3)nc(-c3ccc4ccccc4c3)n2)cc1. The van der Waals surface area contributed by atoms with Crippen molar-refractivity contribution in [2.24, 2.45) is 0 Å². The highest BCUT2D eigenvalue weighted by molar-refractivity contribution is 6.13. The Kier molecular flexibility index (Phi) is 7.21. The highest BCUT2D eigenvalue weighted by Crippen LogP contribution is 2.56. The van der Waals surface area contributed by atoms with Crippen LogP contribution in [0.3, 0.4) is 0 Å². The molecule has 4 nitrogen and oxygen atoms in total. The van der Waals surface area contributed by atoms with Gasteiger partial charge < -0.3 is 4.57 Å². The zero-order valence-electron chi connectivity index (χ0n) is 32.5. The summed E-state index contributed by atoms with van der Waals surface area (Å²) in [6, 6.07) is 61.0. The molecule has 0 saturated carbocycles. The summed E-state index contributed by atoms with van der Waals surface area (Å²) < 4.78 is 2.43. The van der Waals surface area contributed by atoms with Gasteiger partial charge in [-0.3, -0.25) is 0 Å². The Balaban J connectivity index is 1.09. The highest BCUT2D eigenvalue weighted by atomic mass is 15.0. The topological polar surface area (TPSA) is 43.6 Å². The van der Waals surface area contributed by atoms with E-state index < -0.39 is 0 Å². The van der Waals surface area contributed by atoms with Crippen LogP contribution >= 0.6 is 0 Å². The fourth-order valence-corrected chi connectivity index (χ4v) is 9.21. The van der Waals surface area contributed by atoms with Gasteiger partial charge in [0.15, 0.2) is 17.5 Å². The molecule has 4 heteroatoms. The second kappa shape index (κ2) is 12.3. The minimum Gasteiger partial charge on any atom is -0.309 e. The van der Waals surface area contributed by atoms with E-state index >= 15 is 0 Å². The molecule has 0 unspecified atom stereocenters. The van der Waals surface area contributed by atoms with E-state index in [1.807, 2.05) is 18.2 Å². The third-order valence-corrected chi connectivity index (χ3v) is 13.0. The Morgan fingerprint density at radius 2 is 0.947 bits per heavy atom. The van der Waals surface area contributed by atoms with Crippen LogP contribution in [0.5, 0.6) is 0 Å². The van der Waals surface area contributed by atoms with E-state index in [1.165, 1.54) is 60.2 Å². The van der Waals surface area contributed by atoms with Crippen LogP contribution in [0.4, 0.5) is 0 Å². The predicted octanol–water partition coefficient (Wildman–Crippen LogP) is 13.5. The molecule has 0 saturated heterocycles. The van der Waals surface area contributed by atoms with Crippen LogP contribution in [-0.2, 0) is 10.8 Å². The Morgan fingerprint density at radius 3 is 1.70 bits per heavy atom. The monoisotopic (exact) mass is 732 g/mol. The maximum atomic E-state index is 5.09. The summed E-state index contributed by atoms with van der Waals surface area (Å²) in [6.45, 7) is 9.67. The fourth-order valence-electron chi connectivity index (χ4n) is 9.21. The van der Waals surface area contributed by atoms with Crippen LogP contribution < -0.4 is 0 Å². The molecule has 1 aliphatic rings. The molecule has 0 radical (unpaired) electrons. The maximum absolute atomic E-state index is 5.09. The normalized spacial score (nSPS) is 14.2. The summed E-state index contributed by atoms with van der Waals surface area (Å²) in [6.07, 6.45) is 0. The number of hydrogen-bond acceptors (Lipinski definition) is 3. The lowest BCUT2D eigenvalue weighted by Gasteiger charge is -2.48. The average Bonchev–Trinajstić information content (AvgIpc) is 3.58. The molecule has 8 aromatic carbocycles. The van der Waals surface area contributed by atoms with E-state index in [-0.39, 0.29) is 10.8 Å². The number of para-hydroxylation sites is 1. The highest BCUT2D eigenvalue weighted by Gasteiger charge is 2.46. The summed E-state index contributed by atoms with van der Waals surface area (Å²) in [5.74, 6) is 1.95. The van der Waals surface area contributed by atoms with Crippen LogP contribution in [0, 0.1) is 0 Å². The first-order valence-corrected chi connectivity index (χ1v) is 19.8. The van der Waals surface area contributed by atoms with Crippen molar-refractivity contribution in [1.29, 1.82) is 0 Å². The Morgan fingerprint density at radius 1 is 0.386 bits per heavy atom. The van der Waals surface area contributed by atoms with Crippen molar-refractivity contribution >= 4 is 43.4 Å². The second-order valence-electron chi connectivity index (χ2n) is 16.5. The first-order chi connectivity index (χ1) is 27.8. The van der Waals surface area contributed by atoms with Crippen LogP contribution in [0.1, 0.15) is 38.8 Å². The summed E-state index contributed by atoms with van der Waals surface area (Å²) in [7, 11) is 0. The van der Waals surface area contributed by atoms with Gasteiger partial charge in [0.2, 0.25) is 0 Å². The molecule has 0 aliphatic heterocycles. The van der Waals surface area contributed by atoms with E-state index in [4.69, 9.17) is 15.0 Å². The molecule has 1 aliphatic carbocycles. The molecule has 0 bridgehead atoms. The van der Waals surface area contributed by atoms with E-state index in [0.29, 0.717) is 17.5 Å². The number of aromatic nitrogens is 4. The molecule has 0 fully saturated rings. The van der Waals surface area contributed by atoms with Gasteiger partial charge in [-0.2, -0.15) is 0 Å². The molecule has 10 aromatic rings. The van der Waals surface area contributed by atoms with Crippen molar-refractivity contribution in [2.45, 2.75) is 38.5 Å². The second-order valence-corrected chi connectivity index (χ2v) is 16.5. The number of fused-ring (bicyclic) bond motifs is 9. The van der Waals surface area contributed by atoms with Gasteiger partial charge in [0.1, 0.15) is 0 Å².